The summed E-state index contributed by atoms with van der Waals surface area (Å²) in [6, 6.07) is 4.02. The minimum absolute atomic E-state index is 0.732. The van der Waals surface area contributed by atoms with Crippen molar-refractivity contribution in [3.05, 3.63) is 23.9 Å². The van der Waals surface area contributed by atoms with Gasteiger partial charge in [0, 0.05) is 18.3 Å². The average molecular weight is 278 g/mol. The Morgan fingerprint density at radius 1 is 1.05 bits per heavy atom. The molecular formula is C17H30N2O. The fraction of sp³-hybridized carbons (Fsp3) is 0.706. The van der Waals surface area contributed by atoms with Gasteiger partial charge in [0.2, 0.25) is 5.88 Å². The van der Waals surface area contributed by atoms with Crippen molar-refractivity contribution in [3.63, 3.8) is 0 Å². The first-order chi connectivity index (χ1) is 9.88. The molecule has 0 aliphatic heterocycles. The van der Waals surface area contributed by atoms with E-state index in [9.17, 15) is 0 Å². The Labute approximate surface area is 124 Å². The van der Waals surface area contributed by atoms with Crippen LogP contribution in [0.3, 0.4) is 0 Å². The first-order valence-corrected chi connectivity index (χ1v) is 8.07. The molecule has 0 unspecified atom stereocenters. The van der Waals surface area contributed by atoms with Crippen molar-refractivity contribution in [1.82, 2.24) is 10.3 Å². The lowest BCUT2D eigenvalue weighted by Gasteiger charge is -2.08. The van der Waals surface area contributed by atoms with Gasteiger partial charge in [0.15, 0.2) is 0 Å². The first kappa shape index (κ1) is 17.0. The van der Waals surface area contributed by atoms with Crippen LogP contribution >= 0.6 is 0 Å². The van der Waals surface area contributed by atoms with Gasteiger partial charge in [0.1, 0.15) is 0 Å². The van der Waals surface area contributed by atoms with E-state index in [2.05, 4.69) is 23.3 Å². The summed E-state index contributed by atoms with van der Waals surface area (Å²) >= 11 is 0. The van der Waals surface area contributed by atoms with Crippen LogP contribution in [-0.4, -0.2) is 18.6 Å². The lowest BCUT2D eigenvalue weighted by atomic mass is 10.1. The lowest BCUT2D eigenvalue weighted by Crippen LogP contribution is -2.15. The molecule has 3 nitrogen and oxygen atoms in total. The predicted molar refractivity (Wildman–Crippen MR) is 85.1 cm³/mol. The average Bonchev–Trinajstić information content (AvgIpc) is 2.49. The van der Waals surface area contributed by atoms with Gasteiger partial charge in [0.25, 0.3) is 0 Å². The number of unbranched alkanes of at least 4 members (excludes halogenated alkanes) is 7. The van der Waals surface area contributed by atoms with E-state index >= 15 is 0 Å². The topological polar surface area (TPSA) is 34.2 Å². The molecule has 20 heavy (non-hydrogen) atoms. The van der Waals surface area contributed by atoms with E-state index in [1.54, 1.807) is 13.3 Å². The maximum atomic E-state index is 5.24. The van der Waals surface area contributed by atoms with Crippen LogP contribution < -0.4 is 10.1 Å². The minimum atomic E-state index is 0.732. The van der Waals surface area contributed by atoms with Gasteiger partial charge in [-0.05, 0) is 19.0 Å². The van der Waals surface area contributed by atoms with Crippen LogP contribution in [0.15, 0.2) is 18.3 Å². The fourth-order valence-corrected chi connectivity index (χ4v) is 2.35. The molecule has 0 bridgehead atoms. The van der Waals surface area contributed by atoms with Crippen molar-refractivity contribution >= 4 is 0 Å². The molecule has 0 saturated heterocycles. The van der Waals surface area contributed by atoms with Gasteiger partial charge in [-0.25, -0.2) is 4.98 Å². The Morgan fingerprint density at radius 2 is 1.75 bits per heavy atom. The third-order valence-electron chi connectivity index (χ3n) is 3.57. The maximum Gasteiger partial charge on any atom is 0.217 e. The molecule has 0 fully saturated rings. The summed E-state index contributed by atoms with van der Waals surface area (Å²) < 4.78 is 5.24. The molecular weight excluding hydrogens is 248 g/mol. The van der Waals surface area contributed by atoms with E-state index < -0.39 is 0 Å². The highest BCUT2D eigenvalue weighted by Gasteiger charge is 2.01. The molecule has 0 aromatic carbocycles. The summed E-state index contributed by atoms with van der Waals surface area (Å²) in [5, 5.41) is 3.47. The summed E-state index contributed by atoms with van der Waals surface area (Å²) in [6.45, 7) is 4.18. The molecule has 0 saturated carbocycles. The number of methoxy groups -OCH3 is 1. The number of nitrogens with zero attached hydrogens (tertiary/aromatic N) is 1. The number of aromatic nitrogens is 1. The van der Waals surface area contributed by atoms with Gasteiger partial charge >= 0.3 is 0 Å². The van der Waals surface area contributed by atoms with E-state index in [-0.39, 0.29) is 0 Å². The Morgan fingerprint density at radius 3 is 2.45 bits per heavy atom. The van der Waals surface area contributed by atoms with E-state index in [1.165, 1.54) is 51.4 Å². The van der Waals surface area contributed by atoms with Crippen molar-refractivity contribution in [2.24, 2.45) is 0 Å². The van der Waals surface area contributed by atoms with Crippen molar-refractivity contribution in [3.8, 4) is 5.88 Å². The van der Waals surface area contributed by atoms with Crippen LogP contribution in [0.25, 0.3) is 0 Å². The number of hydrogen-bond acceptors (Lipinski definition) is 3. The standard InChI is InChI=1S/C17H30N2O/c1-3-4-5-6-7-8-9-10-13-18-15-16-12-11-14-19-17(16)20-2/h11-12,14,18H,3-10,13,15H2,1-2H3. The van der Waals surface area contributed by atoms with E-state index in [0.29, 0.717) is 0 Å². The summed E-state index contributed by atoms with van der Waals surface area (Å²) in [4.78, 5) is 4.20. The second-order valence-electron chi connectivity index (χ2n) is 5.32. The number of hydrogen-bond donors (Lipinski definition) is 1. The molecule has 0 spiro atoms. The molecule has 0 aliphatic rings. The van der Waals surface area contributed by atoms with Crippen molar-refractivity contribution in [2.75, 3.05) is 13.7 Å². The lowest BCUT2D eigenvalue weighted by molar-refractivity contribution is 0.390. The highest BCUT2D eigenvalue weighted by atomic mass is 16.5. The summed E-state index contributed by atoms with van der Waals surface area (Å²) in [7, 11) is 1.67. The fourth-order valence-electron chi connectivity index (χ4n) is 2.35. The molecule has 0 radical (unpaired) electrons. The van der Waals surface area contributed by atoms with Crippen molar-refractivity contribution in [1.29, 1.82) is 0 Å². The highest BCUT2D eigenvalue weighted by molar-refractivity contribution is 5.24. The molecule has 0 aliphatic carbocycles. The zero-order valence-corrected chi connectivity index (χ0v) is 13.2. The quantitative estimate of drug-likeness (QED) is 0.578. The van der Waals surface area contributed by atoms with Crippen LogP contribution in [0.4, 0.5) is 0 Å². The van der Waals surface area contributed by atoms with Crippen LogP contribution in [0.1, 0.15) is 63.9 Å². The minimum Gasteiger partial charge on any atom is -0.481 e. The van der Waals surface area contributed by atoms with Crippen LogP contribution in [0, 0.1) is 0 Å². The second kappa shape index (κ2) is 11.7. The largest absolute Gasteiger partial charge is 0.481 e. The SMILES string of the molecule is CCCCCCCCCCNCc1cccnc1OC. The van der Waals surface area contributed by atoms with Crippen molar-refractivity contribution in [2.45, 2.75) is 64.8 Å². The van der Waals surface area contributed by atoms with Crippen LogP contribution in [0.2, 0.25) is 0 Å². The monoisotopic (exact) mass is 278 g/mol. The molecule has 1 rings (SSSR count). The van der Waals surface area contributed by atoms with Crippen molar-refractivity contribution < 1.29 is 4.74 Å². The van der Waals surface area contributed by atoms with Gasteiger partial charge in [-0.3, -0.25) is 0 Å². The molecule has 1 aromatic heterocycles. The third kappa shape index (κ3) is 7.49. The summed E-state index contributed by atoms with van der Waals surface area (Å²) in [6.07, 6.45) is 12.7. The van der Waals surface area contributed by atoms with E-state index in [4.69, 9.17) is 4.74 Å². The van der Waals surface area contributed by atoms with Crippen LogP contribution in [0.5, 0.6) is 5.88 Å². The molecule has 3 heteroatoms. The Balaban J connectivity index is 1.97. The van der Waals surface area contributed by atoms with Gasteiger partial charge in [-0.2, -0.15) is 0 Å². The van der Waals surface area contributed by atoms with Gasteiger partial charge in [-0.15, -0.1) is 0 Å². The van der Waals surface area contributed by atoms with Crippen LogP contribution in [-0.2, 0) is 6.54 Å². The zero-order valence-electron chi connectivity index (χ0n) is 13.2. The van der Waals surface area contributed by atoms with Gasteiger partial charge in [0.05, 0.1) is 7.11 Å². The van der Waals surface area contributed by atoms with Gasteiger partial charge in [-0.1, -0.05) is 57.9 Å². The Hall–Kier alpha value is -1.09. The molecule has 1 aromatic rings. The number of pyridine rings is 1. The summed E-state index contributed by atoms with van der Waals surface area (Å²) in [5.74, 6) is 0.732. The van der Waals surface area contributed by atoms with E-state index in [1.807, 2.05) is 6.07 Å². The smallest absolute Gasteiger partial charge is 0.217 e. The van der Waals surface area contributed by atoms with E-state index in [0.717, 1.165) is 24.5 Å². The third-order valence-corrected chi connectivity index (χ3v) is 3.57. The predicted octanol–water partition coefficient (Wildman–Crippen LogP) is 4.32. The Kier molecular flexibility index (Phi) is 9.93. The molecule has 0 atom stereocenters. The molecule has 1 heterocycles. The Bertz CT molecular complexity index is 342. The number of nitrogens with one attached hydrogen (secondary N) is 1. The van der Waals surface area contributed by atoms with Gasteiger partial charge < -0.3 is 10.1 Å². The molecule has 0 amide bonds. The normalized spacial score (nSPS) is 10.7. The summed E-state index contributed by atoms with van der Waals surface area (Å²) in [5.41, 5.74) is 1.13. The number of ether oxygens (including phenoxy) is 1. The second-order valence-corrected chi connectivity index (χ2v) is 5.32. The highest BCUT2D eigenvalue weighted by Crippen LogP contribution is 2.13. The number of rotatable bonds is 12. The molecule has 1 N–H and O–H groups in total. The zero-order chi connectivity index (χ0) is 14.5. The maximum absolute atomic E-state index is 5.24. The first-order valence-electron chi connectivity index (χ1n) is 8.07. The molecule has 114 valence electrons.